The molecule has 2 aliphatic rings. The standard InChI is InChI=1S/C19H17N3.Bk/c1-11-6-7-13-9-15-18(17(13)12(11)2)22-16(20-15)10-14-5-4-8-21(3)19(14)22;/h4-7H,9-10H2,1-3H3;. The molecule has 0 amide bonds. The first-order valence-electron chi connectivity index (χ1n) is 7.75. The van der Waals surface area contributed by atoms with E-state index < -0.39 is 0 Å². The third kappa shape index (κ3) is 1.44. The molecule has 1 aliphatic carbocycles. The van der Waals surface area contributed by atoms with Gasteiger partial charge in [0.05, 0.1) is 12.7 Å². The van der Waals surface area contributed by atoms with Crippen LogP contribution in [0.25, 0.3) is 17.1 Å². The van der Waals surface area contributed by atoms with Crippen LogP contribution in [0.3, 0.4) is 0 Å². The molecule has 1 radical (unpaired) electrons. The predicted molar refractivity (Wildman–Crippen MR) is 84.1 cm³/mol. The van der Waals surface area contributed by atoms with Gasteiger partial charge in [-0.05, 0) is 30.5 Å². The Kier molecular flexibility index (Phi) is 2.34. The van der Waals surface area contributed by atoms with E-state index in [1.54, 1.807) is 0 Å². The Bertz CT molecular complexity index is 969. The monoisotopic (exact) mass is 534 g/mol. The van der Waals surface area contributed by atoms with Crippen molar-refractivity contribution in [3.8, 4) is 17.1 Å². The summed E-state index contributed by atoms with van der Waals surface area (Å²) >= 11 is 0. The Morgan fingerprint density at radius 1 is 1.13 bits per heavy atom. The molecule has 0 spiro atoms. The third-order valence-electron chi connectivity index (χ3n) is 5.15. The zero-order valence-electron chi connectivity index (χ0n) is 13.4. The topological polar surface area (TPSA) is 21.7 Å². The fourth-order valence-corrected chi connectivity index (χ4v) is 3.97. The molecule has 0 bridgehead atoms. The number of imidazole rings is 1. The van der Waals surface area contributed by atoms with Gasteiger partial charge >= 0.3 is 0 Å². The summed E-state index contributed by atoms with van der Waals surface area (Å²) in [4.78, 5) is 4.95. The Morgan fingerprint density at radius 2 is 1.96 bits per heavy atom. The molecular weight excluding hydrogens is 517 g/mol. The molecular formula is C19H17BkN3. The van der Waals surface area contributed by atoms with Gasteiger partial charge in [0.1, 0.15) is 0 Å². The van der Waals surface area contributed by atoms with Crippen LogP contribution in [0.2, 0.25) is 0 Å². The Balaban J connectivity index is 0.00000135. The molecule has 23 heavy (non-hydrogen) atoms. The second kappa shape index (κ2) is 4.07. The molecule has 2 aromatic heterocycles. The number of aromatic nitrogens is 3. The van der Waals surface area contributed by atoms with E-state index in [-0.39, 0.29) is 0 Å². The van der Waals surface area contributed by atoms with Gasteiger partial charge in [-0.2, -0.15) is 6.07 Å². The number of rotatable bonds is 0. The van der Waals surface area contributed by atoms with Crippen LogP contribution in [0.5, 0.6) is 0 Å². The van der Waals surface area contributed by atoms with E-state index in [0.29, 0.717) is 0 Å². The van der Waals surface area contributed by atoms with Crippen molar-refractivity contribution in [3.05, 3.63) is 64.2 Å². The van der Waals surface area contributed by atoms with Gasteiger partial charge in [0.15, 0.2) is 17.3 Å². The summed E-state index contributed by atoms with van der Waals surface area (Å²) in [5, 5.41) is 0. The molecule has 3 nitrogen and oxygen atoms in total. The summed E-state index contributed by atoms with van der Waals surface area (Å²) in [6, 6.07) is 8.65. The first-order chi connectivity index (χ1) is 10.6. The summed E-state index contributed by atoms with van der Waals surface area (Å²) in [6.45, 7) is 4.42. The second-order valence-corrected chi connectivity index (χ2v) is 6.42. The maximum absolute atomic E-state index is 4.95. The van der Waals surface area contributed by atoms with E-state index in [0.717, 1.165) is 12.8 Å². The molecule has 1 aromatic carbocycles. The van der Waals surface area contributed by atoms with E-state index in [1.165, 1.54) is 50.8 Å². The Labute approximate surface area is 129 Å². The average molecular weight is 534 g/mol. The van der Waals surface area contributed by atoms with Crippen molar-refractivity contribution < 1.29 is 4.57 Å². The molecule has 1 aliphatic heterocycles. The number of benzene rings is 1. The fourth-order valence-electron chi connectivity index (χ4n) is 3.97. The number of fused-ring (bicyclic) bond motifs is 7. The van der Waals surface area contributed by atoms with Crippen LogP contribution in [-0.2, 0) is 19.9 Å². The van der Waals surface area contributed by atoms with Gasteiger partial charge in [-0.1, -0.05) is 17.7 Å². The maximum Gasteiger partial charge on any atom is 0.192 e. The van der Waals surface area contributed by atoms with Crippen LogP contribution in [-0.4, -0.2) is 9.55 Å². The van der Waals surface area contributed by atoms with Crippen LogP contribution in [0.4, 0.5) is 0 Å². The number of nitrogens with zero attached hydrogens (tertiary/aromatic N) is 3. The van der Waals surface area contributed by atoms with Crippen molar-refractivity contribution in [1.29, 1.82) is 0 Å². The summed E-state index contributed by atoms with van der Waals surface area (Å²) in [6.07, 6.45) is 5.15. The summed E-state index contributed by atoms with van der Waals surface area (Å²) in [5.41, 5.74) is 9.41. The van der Waals surface area contributed by atoms with Crippen molar-refractivity contribution in [2.24, 2.45) is 7.05 Å². The first kappa shape index (κ1) is 13.3. The van der Waals surface area contributed by atoms with Gasteiger partial charge in [0.25, 0.3) is 0 Å². The summed E-state index contributed by atoms with van der Waals surface area (Å²) in [7, 11) is 2.07. The fraction of sp³-hybridized carbons (Fsp3) is 0.263. The molecule has 4 heteroatoms. The number of aryl methyl sites for hydroxylation is 2. The number of hydrogen-bond donors (Lipinski definition) is 0. The first-order valence-corrected chi connectivity index (χ1v) is 7.75. The van der Waals surface area contributed by atoms with Crippen molar-refractivity contribution in [3.63, 3.8) is 0 Å². The number of pyridine rings is 1. The van der Waals surface area contributed by atoms with Crippen LogP contribution in [0.15, 0.2) is 24.3 Å². The van der Waals surface area contributed by atoms with Crippen molar-refractivity contribution >= 4 is 0 Å². The molecule has 5 rings (SSSR count). The molecule has 3 aromatic rings. The molecule has 3 heterocycles. The molecule has 0 N–H and O–H groups in total. The molecule has 0 saturated heterocycles. The van der Waals surface area contributed by atoms with Gasteiger partial charge in [-0.25, -0.2) is 9.55 Å². The van der Waals surface area contributed by atoms with Crippen molar-refractivity contribution in [1.82, 2.24) is 9.55 Å². The maximum atomic E-state index is 4.95. The van der Waals surface area contributed by atoms with E-state index in [2.05, 4.69) is 54.4 Å². The molecule has 0 saturated carbocycles. The van der Waals surface area contributed by atoms with E-state index >= 15 is 0 Å². The molecule has 0 unspecified atom stereocenters. The molecule has 117 valence electrons. The van der Waals surface area contributed by atoms with Gasteiger partial charge in [0, 0.05) is 24.6 Å². The minimum Gasteiger partial charge on any atom is -0.343 e. The van der Waals surface area contributed by atoms with Crippen molar-refractivity contribution in [2.45, 2.75) is 26.7 Å². The Morgan fingerprint density at radius 3 is 2.78 bits per heavy atom. The van der Waals surface area contributed by atoms with Gasteiger partial charge in [0.2, 0.25) is 0 Å². The molecule has 0 fully saturated rings. The van der Waals surface area contributed by atoms with Crippen LogP contribution < -0.4 is 4.57 Å². The average Bonchev–Trinajstić information content (AvgIpc) is 3.10. The van der Waals surface area contributed by atoms with Crippen LogP contribution in [0, 0.1) is 20.0 Å². The quantitative estimate of drug-likeness (QED) is 0.221. The largest absolute Gasteiger partial charge is 0.343 e. The van der Waals surface area contributed by atoms with E-state index in [9.17, 15) is 0 Å². The smallest absolute Gasteiger partial charge is 0.192 e. The van der Waals surface area contributed by atoms with Crippen LogP contribution in [0.1, 0.15) is 33.8 Å². The molecule has 0 atom stereocenters. The minimum absolute atomic E-state index is 0. The predicted octanol–water partition coefficient (Wildman–Crippen LogP) is 2.59. The van der Waals surface area contributed by atoms with E-state index in [1.807, 2.05) is 6.07 Å². The van der Waals surface area contributed by atoms with Gasteiger partial charge in [-0.3, -0.25) is 0 Å². The summed E-state index contributed by atoms with van der Waals surface area (Å²) < 4.78 is 4.45. The van der Waals surface area contributed by atoms with Gasteiger partial charge < -0.3 is 4.57 Å². The van der Waals surface area contributed by atoms with Crippen LogP contribution >= 0.6 is 0 Å². The van der Waals surface area contributed by atoms with E-state index in [4.69, 9.17) is 4.98 Å². The minimum atomic E-state index is 0. The normalized spacial score (nSPS) is 13.2. The van der Waals surface area contributed by atoms with Gasteiger partial charge in [-0.15, -0.1) is 6.07 Å². The van der Waals surface area contributed by atoms with Crippen molar-refractivity contribution in [2.75, 3.05) is 0 Å². The summed E-state index contributed by atoms with van der Waals surface area (Å²) in [5.74, 6) is 2.39. The zero-order valence-corrected chi connectivity index (χ0v) is 16.2. The Hall–Kier alpha value is -3.42. The SMILES string of the molecule is Cc1ccc2c(c1C)-c1c(nc3n1-c1c(cc[c-][n+]1C)C3)C2.[Bk]. The number of hydrogen-bond acceptors (Lipinski definition) is 1. The third-order valence-corrected chi connectivity index (χ3v) is 5.15. The second-order valence-electron chi connectivity index (χ2n) is 6.42. The zero-order chi connectivity index (χ0) is 15.0.